The molecule has 0 spiro atoms. The van der Waals surface area contributed by atoms with Crippen molar-refractivity contribution in [3.8, 4) is 5.75 Å². The predicted molar refractivity (Wildman–Crippen MR) is 109 cm³/mol. The van der Waals surface area contributed by atoms with Crippen LogP contribution in [0.15, 0.2) is 78.9 Å². The highest BCUT2D eigenvalue weighted by molar-refractivity contribution is 5.94. The maximum Gasteiger partial charge on any atom is 0.387 e. The van der Waals surface area contributed by atoms with Crippen molar-refractivity contribution in [1.82, 2.24) is 5.32 Å². The van der Waals surface area contributed by atoms with E-state index in [4.69, 9.17) is 0 Å². The second-order valence-electron chi connectivity index (χ2n) is 6.65. The van der Waals surface area contributed by atoms with Gasteiger partial charge in [-0.25, -0.2) is 4.39 Å². The lowest BCUT2D eigenvalue weighted by molar-refractivity contribution is -0.117. The average Bonchev–Trinajstić information content (AvgIpc) is 2.74. The molecule has 3 aromatic rings. The summed E-state index contributed by atoms with van der Waals surface area (Å²) in [6.45, 7) is -1.23. The van der Waals surface area contributed by atoms with E-state index in [9.17, 15) is 18.0 Å². The zero-order chi connectivity index (χ0) is 21.5. The molecule has 30 heavy (non-hydrogen) atoms. The minimum Gasteiger partial charge on any atom is -0.435 e. The van der Waals surface area contributed by atoms with Gasteiger partial charge in [0.1, 0.15) is 11.6 Å². The minimum atomic E-state index is -2.90. The molecule has 0 aliphatic heterocycles. The summed E-state index contributed by atoms with van der Waals surface area (Å²) in [5.41, 5.74) is 1.74. The molecule has 0 fully saturated rings. The number of rotatable bonds is 8. The lowest BCUT2D eigenvalue weighted by atomic mass is 9.97. The lowest BCUT2D eigenvalue weighted by Gasteiger charge is -2.24. The van der Waals surface area contributed by atoms with E-state index in [1.807, 2.05) is 30.3 Å². The van der Waals surface area contributed by atoms with Gasteiger partial charge in [-0.1, -0.05) is 54.6 Å². The highest BCUT2D eigenvalue weighted by Gasteiger charge is 2.21. The Balaban J connectivity index is 1.79. The molecule has 2 N–H and O–H groups in total. The molecule has 0 unspecified atom stereocenters. The minimum absolute atomic E-state index is 0.0471. The first-order valence-corrected chi connectivity index (χ1v) is 9.35. The Morgan fingerprint density at radius 1 is 0.867 bits per heavy atom. The maximum absolute atomic E-state index is 13.8. The summed E-state index contributed by atoms with van der Waals surface area (Å²) in [6, 6.07) is 20.4. The molecule has 0 saturated heterocycles. The van der Waals surface area contributed by atoms with Crippen LogP contribution in [0.5, 0.6) is 5.75 Å². The van der Waals surface area contributed by atoms with Crippen molar-refractivity contribution < 1.29 is 22.7 Å². The van der Waals surface area contributed by atoms with Crippen molar-refractivity contribution in [3.63, 3.8) is 0 Å². The normalized spacial score (nSPS) is 13.0. The summed E-state index contributed by atoms with van der Waals surface area (Å²) in [6.07, 6.45) is 0. The van der Waals surface area contributed by atoms with Gasteiger partial charge < -0.3 is 10.1 Å². The fourth-order valence-electron chi connectivity index (χ4n) is 3.00. The molecule has 0 saturated carbocycles. The monoisotopic (exact) mass is 414 g/mol. The van der Waals surface area contributed by atoms with Gasteiger partial charge in [0.15, 0.2) is 0 Å². The van der Waals surface area contributed by atoms with Crippen molar-refractivity contribution >= 4 is 11.6 Å². The lowest BCUT2D eigenvalue weighted by Crippen LogP contribution is -2.40. The van der Waals surface area contributed by atoms with Crippen LogP contribution < -0.4 is 15.4 Å². The third-order valence-electron chi connectivity index (χ3n) is 4.51. The van der Waals surface area contributed by atoms with Gasteiger partial charge in [-0.15, -0.1) is 0 Å². The van der Waals surface area contributed by atoms with Gasteiger partial charge in [-0.2, -0.15) is 8.78 Å². The van der Waals surface area contributed by atoms with E-state index in [1.54, 1.807) is 31.2 Å². The fraction of sp³-hybridized carbons (Fsp3) is 0.174. The van der Waals surface area contributed by atoms with Crippen molar-refractivity contribution in [3.05, 3.63) is 95.8 Å². The zero-order valence-electron chi connectivity index (χ0n) is 16.2. The van der Waals surface area contributed by atoms with Crippen LogP contribution in [0.1, 0.15) is 24.1 Å². The summed E-state index contributed by atoms with van der Waals surface area (Å²) in [7, 11) is 0. The Morgan fingerprint density at radius 3 is 2.10 bits per heavy atom. The van der Waals surface area contributed by atoms with Crippen LogP contribution in [0.4, 0.5) is 18.9 Å². The van der Waals surface area contributed by atoms with Crippen molar-refractivity contribution in [2.45, 2.75) is 25.6 Å². The standard InChI is InChI=1S/C23H21F3N2O2/c1-15(22(29)28-20-10-6-5-9-19(20)24)27-21(16-7-3-2-4-8-16)17-11-13-18(14-12-17)30-23(25)26/h2-15,21,23,27H,1H3,(H,28,29)/t15-,21+/m1/s1. The second-order valence-corrected chi connectivity index (χ2v) is 6.65. The van der Waals surface area contributed by atoms with Gasteiger partial charge in [-0.3, -0.25) is 10.1 Å². The predicted octanol–water partition coefficient (Wildman–Crippen LogP) is 5.13. The van der Waals surface area contributed by atoms with Gasteiger partial charge in [0.2, 0.25) is 5.91 Å². The largest absolute Gasteiger partial charge is 0.435 e. The van der Waals surface area contributed by atoms with E-state index in [2.05, 4.69) is 15.4 Å². The van der Waals surface area contributed by atoms with Gasteiger partial charge in [0.05, 0.1) is 17.8 Å². The van der Waals surface area contributed by atoms with Crippen LogP contribution in [0.25, 0.3) is 0 Å². The SMILES string of the molecule is C[C@@H](N[C@@H](c1ccccc1)c1ccc(OC(F)F)cc1)C(=O)Nc1ccccc1F. The van der Waals surface area contributed by atoms with E-state index >= 15 is 0 Å². The quantitative estimate of drug-likeness (QED) is 0.537. The fourth-order valence-corrected chi connectivity index (χ4v) is 3.00. The molecule has 4 nitrogen and oxygen atoms in total. The molecule has 3 aromatic carbocycles. The molecule has 156 valence electrons. The smallest absolute Gasteiger partial charge is 0.387 e. The molecular weight excluding hydrogens is 393 g/mol. The van der Waals surface area contributed by atoms with Gasteiger partial charge in [0, 0.05) is 0 Å². The van der Waals surface area contributed by atoms with E-state index in [1.165, 1.54) is 24.3 Å². The molecule has 3 rings (SSSR count). The number of hydrogen-bond donors (Lipinski definition) is 2. The molecule has 0 aliphatic carbocycles. The number of alkyl halides is 2. The number of ether oxygens (including phenoxy) is 1. The number of carbonyl (C=O) groups is 1. The van der Waals surface area contributed by atoms with Crippen LogP contribution in [0.3, 0.4) is 0 Å². The topological polar surface area (TPSA) is 50.4 Å². The van der Waals surface area contributed by atoms with E-state index in [0.29, 0.717) is 0 Å². The molecule has 0 bridgehead atoms. The molecule has 2 atom stereocenters. The van der Waals surface area contributed by atoms with Gasteiger partial charge >= 0.3 is 6.61 Å². The Hall–Kier alpha value is -3.32. The molecule has 1 amide bonds. The van der Waals surface area contributed by atoms with Crippen molar-refractivity contribution in [1.29, 1.82) is 0 Å². The Kier molecular flexibility index (Phi) is 7.08. The maximum atomic E-state index is 13.8. The molecular formula is C23H21F3N2O2. The van der Waals surface area contributed by atoms with Crippen molar-refractivity contribution in [2.75, 3.05) is 5.32 Å². The summed E-state index contributed by atoms with van der Waals surface area (Å²) < 4.78 is 43.0. The van der Waals surface area contributed by atoms with Crippen LogP contribution in [0.2, 0.25) is 0 Å². The highest BCUT2D eigenvalue weighted by Crippen LogP contribution is 2.25. The van der Waals surface area contributed by atoms with Gasteiger partial charge in [-0.05, 0) is 42.3 Å². The van der Waals surface area contributed by atoms with Crippen LogP contribution in [-0.4, -0.2) is 18.6 Å². The van der Waals surface area contributed by atoms with E-state index in [-0.39, 0.29) is 11.4 Å². The Labute approximate surface area is 172 Å². The number of amides is 1. The molecule has 0 radical (unpaired) electrons. The number of para-hydroxylation sites is 1. The van der Waals surface area contributed by atoms with Crippen LogP contribution in [0, 0.1) is 5.82 Å². The third kappa shape index (κ3) is 5.61. The number of anilines is 1. The summed E-state index contributed by atoms with van der Waals surface area (Å²) in [5, 5.41) is 5.80. The van der Waals surface area contributed by atoms with E-state index < -0.39 is 30.4 Å². The highest BCUT2D eigenvalue weighted by atomic mass is 19.3. The van der Waals surface area contributed by atoms with Crippen LogP contribution >= 0.6 is 0 Å². The van der Waals surface area contributed by atoms with Crippen molar-refractivity contribution in [2.24, 2.45) is 0 Å². The first-order valence-electron chi connectivity index (χ1n) is 9.35. The second kappa shape index (κ2) is 9.93. The molecule has 0 aliphatic rings. The first-order chi connectivity index (χ1) is 14.4. The summed E-state index contributed by atoms with van der Waals surface area (Å²) >= 11 is 0. The van der Waals surface area contributed by atoms with E-state index in [0.717, 1.165) is 11.1 Å². The third-order valence-corrected chi connectivity index (χ3v) is 4.51. The number of carbonyl (C=O) groups excluding carboxylic acids is 1. The number of halogens is 3. The van der Waals surface area contributed by atoms with Gasteiger partial charge in [0.25, 0.3) is 0 Å². The average molecular weight is 414 g/mol. The molecule has 0 aromatic heterocycles. The number of hydrogen-bond acceptors (Lipinski definition) is 3. The zero-order valence-corrected chi connectivity index (χ0v) is 16.2. The first kappa shape index (κ1) is 21.4. The molecule has 7 heteroatoms. The summed E-state index contributed by atoms with van der Waals surface area (Å²) in [4.78, 5) is 12.6. The number of benzene rings is 3. The summed E-state index contributed by atoms with van der Waals surface area (Å²) in [5.74, 6) is -0.878. The molecule has 0 heterocycles. The Bertz CT molecular complexity index is 966. The number of nitrogens with one attached hydrogen (secondary N) is 2. The Morgan fingerprint density at radius 2 is 1.47 bits per heavy atom. The van der Waals surface area contributed by atoms with Crippen LogP contribution in [-0.2, 0) is 4.79 Å².